The van der Waals surface area contributed by atoms with Crippen molar-refractivity contribution in [3.05, 3.63) is 70.7 Å². The minimum absolute atomic E-state index is 0.190. The fourth-order valence-corrected chi connectivity index (χ4v) is 1.94. The molecule has 21 heavy (non-hydrogen) atoms. The molecule has 106 valence electrons. The monoisotopic (exact) mass is 285 g/mol. The summed E-state index contributed by atoms with van der Waals surface area (Å²) >= 11 is 0. The second kappa shape index (κ2) is 5.70. The minimum Gasteiger partial charge on any atom is -0.388 e. The molecular formula is C15H12FN3O2. The Labute approximate surface area is 119 Å². The maximum Gasteiger partial charge on any atom is 0.437 e. The molecule has 0 spiro atoms. The highest BCUT2D eigenvalue weighted by Gasteiger charge is 2.10. The van der Waals surface area contributed by atoms with Gasteiger partial charge in [-0.05, 0) is 48.4 Å². The van der Waals surface area contributed by atoms with Crippen LogP contribution >= 0.6 is 0 Å². The van der Waals surface area contributed by atoms with Crippen molar-refractivity contribution in [2.24, 2.45) is 0 Å². The van der Waals surface area contributed by atoms with Crippen LogP contribution < -0.4 is 5.76 Å². The predicted molar refractivity (Wildman–Crippen MR) is 74.1 cm³/mol. The van der Waals surface area contributed by atoms with Gasteiger partial charge in [-0.25, -0.2) is 9.18 Å². The number of nitrogens with zero attached hydrogens (tertiary/aromatic N) is 3. The van der Waals surface area contributed by atoms with Crippen LogP contribution in [0.2, 0.25) is 0 Å². The van der Waals surface area contributed by atoms with E-state index >= 15 is 0 Å². The van der Waals surface area contributed by atoms with Gasteiger partial charge in [0.1, 0.15) is 5.82 Å². The number of hydrogen-bond acceptors (Lipinski definition) is 4. The van der Waals surface area contributed by atoms with Crippen molar-refractivity contribution in [2.45, 2.75) is 13.0 Å². The maximum absolute atomic E-state index is 12.9. The Hall–Kier alpha value is -2.76. The fraction of sp³-hybridized carbons (Fsp3) is 0.133. The van der Waals surface area contributed by atoms with Crippen molar-refractivity contribution in [1.29, 1.82) is 0 Å². The zero-order valence-electron chi connectivity index (χ0n) is 11.1. The normalized spacial score (nSPS) is 10.7. The lowest BCUT2D eigenvalue weighted by Crippen LogP contribution is -2.17. The van der Waals surface area contributed by atoms with Crippen molar-refractivity contribution in [3.8, 4) is 11.5 Å². The molecule has 0 aliphatic carbocycles. The molecule has 0 bridgehead atoms. The second-order valence-corrected chi connectivity index (χ2v) is 4.51. The van der Waals surface area contributed by atoms with Gasteiger partial charge in [-0.1, -0.05) is 0 Å². The summed E-state index contributed by atoms with van der Waals surface area (Å²) in [6.45, 7) is 0.410. The van der Waals surface area contributed by atoms with Crippen LogP contribution in [-0.4, -0.2) is 14.8 Å². The summed E-state index contributed by atoms with van der Waals surface area (Å²) in [7, 11) is 0. The Bertz CT molecular complexity index is 779. The Morgan fingerprint density at radius 3 is 2.52 bits per heavy atom. The highest BCUT2D eigenvalue weighted by molar-refractivity contribution is 5.51. The van der Waals surface area contributed by atoms with Crippen LogP contribution in [0.3, 0.4) is 0 Å². The maximum atomic E-state index is 12.9. The van der Waals surface area contributed by atoms with Gasteiger partial charge in [-0.3, -0.25) is 4.98 Å². The number of hydrogen-bond donors (Lipinski definition) is 0. The zero-order valence-corrected chi connectivity index (χ0v) is 11.1. The number of benzene rings is 1. The summed E-state index contributed by atoms with van der Waals surface area (Å²) < 4.78 is 19.2. The van der Waals surface area contributed by atoms with E-state index < -0.39 is 5.76 Å². The quantitative estimate of drug-likeness (QED) is 0.738. The van der Waals surface area contributed by atoms with E-state index in [9.17, 15) is 9.18 Å². The second-order valence-electron chi connectivity index (χ2n) is 4.51. The first-order valence-corrected chi connectivity index (χ1v) is 6.45. The Balaban J connectivity index is 1.78. The summed E-state index contributed by atoms with van der Waals surface area (Å²) in [4.78, 5) is 15.7. The molecule has 3 rings (SSSR count). The van der Waals surface area contributed by atoms with E-state index in [4.69, 9.17) is 4.42 Å². The van der Waals surface area contributed by atoms with Gasteiger partial charge in [-0.15, -0.1) is 5.10 Å². The van der Waals surface area contributed by atoms with E-state index in [0.29, 0.717) is 18.5 Å². The smallest absolute Gasteiger partial charge is 0.388 e. The molecular weight excluding hydrogens is 273 g/mol. The van der Waals surface area contributed by atoms with Crippen LogP contribution in [-0.2, 0) is 13.0 Å². The van der Waals surface area contributed by atoms with Crippen molar-refractivity contribution >= 4 is 0 Å². The standard InChI is InChI=1S/C15H12FN3O2/c16-13-3-1-12(2-4-13)14-18-19(15(20)21-14)10-7-11-5-8-17-9-6-11/h1-6,8-9H,7,10H2. The first-order chi connectivity index (χ1) is 10.2. The van der Waals surface area contributed by atoms with Crippen LogP contribution in [0.15, 0.2) is 58.0 Å². The zero-order chi connectivity index (χ0) is 14.7. The molecule has 0 amide bonds. The first-order valence-electron chi connectivity index (χ1n) is 6.45. The van der Waals surface area contributed by atoms with Crippen molar-refractivity contribution in [1.82, 2.24) is 14.8 Å². The molecule has 2 heterocycles. The molecule has 0 unspecified atom stereocenters. The summed E-state index contributed by atoms with van der Waals surface area (Å²) in [6, 6.07) is 9.40. The van der Waals surface area contributed by atoms with Crippen LogP contribution in [0.25, 0.3) is 11.5 Å². The molecule has 0 fully saturated rings. The number of aromatic nitrogens is 3. The first kappa shape index (κ1) is 13.2. The summed E-state index contributed by atoms with van der Waals surface area (Å²) in [5.74, 6) is -0.684. The number of halogens is 1. The van der Waals surface area contributed by atoms with Gasteiger partial charge < -0.3 is 4.42 Å². The number of rotatable bonds is 4. The van der Waals surface area contributed by atoms with Gasteiger partial charge in [-0.2, -0.15) is 4.68 Å². The lowest BCUT2D eigenvalue weighted by molar-refractivity contribution is 0.481. The molecule has 6 heteroatoms. The molecule has 0 saturated carbocycles. The molecule has 0 N–H and O–H groups in total. The molecule has 0 aliphatic heterocycles. The van der Waals surface area contributed by atoms with Gasteiger partial charge in [0.25, 0.3) is 0 Å². The molecule has 0 aliphatic rings. The highest BCUT2D eigenvalue weighted by Crippen LogP contribution is 2.15. The molecule has 2 aromatic heterocycles. The highest BCUT2D eigenvalue weighted by atomic mass is 19.1. The molecule has 0 saturated heterocycles. The van der Waals surface area contributed by atoms with Crippen LogP contribution in [0, 0.1) is 5.82 Å². The molecule has 0 radical (unpaired) electrons. The predicted octanol–water partition coefficient (Wildman–Crippen LogP) is 2.28. The van der Waals surface area contributed by atoms with Gasteiger partial charge in [0, 0.05) is 18.0 Å². The molecule has 3 aromatic rings. The third kappa shape index (κ3) is 3.05. The SMILES string of the molecule is O=c1oc(-c2ccc(F)cc2)nn1CCc1ccncc1. The minimum atomic E-state index is -0.525. The Morgan fingerprint density at radius 1 is 1.10 bits per heavy atom. The van der Waals surface area contributed by atoms with Crippen molar-refractivity contribution in [3.63, 3.8) is 0 Å². The van der Waals surface area contributed by atoms with E-state index in [-0.39, 0.29) is 11.7 Å². The van der Waals surface area contributed by atoms with Gasteiger partial charge in [0.2, 0.25) is 5.89 Å². The van der Waals surface area contributed by atoms with E-state index in [2.05, 4.69) is 10.1 Å². The van der Waals surface area contributed by atoms with Crippen LogP contribution in [0.5, 0.6) is 0 Å². The van der Waals surface area contributed by atoms with E-state index in [0.717, 1.165) is 5.56 Å². The van der Waals surface area contributed by atoms with E-state index in [1.807, 2.05) is 12.1 Å². The van der Waals surface area contributed by atoms with Gasteiger partial charge in [0.05, 0.1) is 6.54 Å². The lowest BCUT2D eigenvalue weighted by Gasteiger charge is -1.99. The molecule has 5 nitrogen and oxygen atoms in total. The van der Waals surface area contributed by atoms with E-state index in [1.54, 1.807) is 12.4 Å². The van der Waals surface area contributed by atoms with Crippen LogP contribution in [0.1, 0.15) is 5.56 Å². The third-order valence-corrected chi connectivity index (χ3v) is 3.06. The van der Waals surface area contributed by atoms with Gasteiger partial charge in [0.15, 0.2) is 0 Å². The average molecular weight is 285 g/mol. The average Bonchev–Trinajstić information content (AvgIpc) is 2.88. The van der Waals surface area contributed by atoms with Crippen LogP contribution in [0.4, 0.5) is 4.39 Å². The Kier molecular flexibility index (Phi) is 3.59. The van der Waals surface area contributed by atoms with E-state index in [1.165, 1.54) is 28.9 Å². The summed E-state index contributed by atoms with van der Waals surface area (Å²) in [6.07, 6.45) is 4.05. The summed E-state index contributed by atoms with van der Waals surface area (Å²) in [5.41, 5.74) is 1.62. The molecule has 0 atom stereocenters. The Morgan fingerprint density at radius 2 is 1.81 bits per heavy atom. The topological polar surface area (TPSA) is 60.9 Å². The number of aryl methyl sites for hydroxylation is 2. The van der Waals surface area contributed by atoms with Gasteiger partial charge >= 0.3 is 5.76 Å². The molecule has 1 aromatic carbocycles. The van der Waals surface area contributed by atoms with Crippen molar-refractivity contribution in [2.75, 3.05) is 0 Å². The lowest BCUT2D eigenvalue weighted by atomic mass is 10.2. The van der Waals surface area contributed by atoms with Crippen molar-refractivity contribution < 1.29 is 8.81 Å². The fourth-order valence-electron chi connectivity index (χ4n) is 1.94. The number of pyridine rings is 1. The third-order valence-electron chi connectivity index (χ3n) is 3.06. The largest absolute Gasteiger partial charge is 0.437 e. The summed E-state index contributed by atoms with van der Waals surface area (Å²) in [5, 5.41) is 4.12.